The van der Waals surface area contributed by atoms with Crippen molar-refractivity contribution in [2.75, 3.05) is 33.2 Å². The molecular formula is C15H32N4O4. The first-order valence-electron chi connectivity index (χ1n) is 8.33. The molecule has 0 bridgehead atoms. The maximum atomic E-state index is 11.6. The smallest absolute Gasteiger partial charge is 0.246 e. The second-order valence-electron chi connectivity index (χ2n) is 5.66. The van der Waals surface area contributed by atoms with Crippen LogP contribution < -0.4 is 11.1 Å². The Kier molecular flexibility index (Phi) is 13.6. The van der Waals surface area contributed by atoms with Gasteiger partial charge in [0.25, 0.3) is 0 Å². The number of rotatable bonds is 14. The van der Waals surface area contributed by atoms with E-state index in [0.29, 0.717) is 31.1 Å². The van der Waals surface area contributed by atoms with Gasteiger partial charge in [0.1, 0.15) is 0 Å². The number of hydroxylamine groups is 4. The normalized spacial score (nSPS) is 10.8. The van der Waals surface area contributed by atoms with Crippen molar-refractivity contribution in [3.05, 3.63) is 0 Å². The highest BCUT2D eigenvalue weighted by Gasteiger charge is 2.12. The number of hydrogen-bond donors (Lipinski definition) is 4. The van der Waals surface area contributed by atoms with E-state index in [0.717, 1.165) is 37.2 Å². The predicted molar refractivity (Wildman–Crippen MR) is 86.9 cm³/mol. The van der Waals surface area contributed by atoms with Gasteiger partial charge >= 0.3 is 0 Å². The summed E-state index contributed by atoms with van der Waals surface area (Å²) in [5.41, 5.74) is 5.37. The Hall–Kier alpha value is -1.22. The fraction of sp³-hybridized carbons (Fsp3) is 0.867. The average Bonchev–Trinajstić information content (AvgIpc) is 2.52. The van der Waals surface area contributed by atoms with E-state index in [4.69, 9.17) is 10.9 Å². The lowest BCUT2D eigenvalue weighted by molar-refractivity contribution is -0.166. The highest BCUT2D eigenvalue weighted by molar-refractivity contribution is 5.83. The number of amides is 2. The summed E-state index contributed by atoms with van der Waals surface area (Å²) >= 11 is 0. The largest absolute Gasteiger partial charge is 0.356 e. The minimum Gasteiger partial charge on any atom is -0.356 e. The summed E-state index contributed by atoms with van der Waals surface area (Å²) in [5.74, 6) is -0.618. The molecular weight excluding hydrogens is 300 g/mol. The molecule has 0 unspecified atom stereocenters. The molecule has 8 heteroatoms. The lowest BCUT2D eigenvalue weighted by Gasteiger charge is -2.14. The van der Waals surface area contributed by atoms with E-state index >= 15 is 0 Å². The number of carbonyl (C=O) groups is 2. The van der Waals surface area contributed by atoms with Gasteiger partial charge in [-0.25, -0.2) is 5.06 Å². The van der Waals surface area contributed by atoms with Crippen LogP contribution in [-0.2, 0) is 9.59 Å². The lowest BCUT2D eigenvalue weighted by Crippen LogP contribution is -2.31. The van der Waals surface area contributed by atoms with Crippen LogP contribution in [0.1, 0.15) is 51.4 Å². The zero-order chi connectivity index (χ0) is 17.5. The van der Waals surface area contributed by atoms with E-state index in [1.54, 1.807) is 7.05 Å². The highest BCUT2D eigenvalue weighted by Crippen LogP contribution is 2.01. The molecule has 0 radical (unpaired) electrons. The highest BCUT2D eigenvalue weighted by atomic mass is 16.5. The molecule has 0 aromatic carbocycles. The minimum absolute atomic E-state index is 0.00846. The van der Waals surface area contributed by atoms with Gasteiger partial charge in [-0.2, -0.15) is 5.06 Å². The molecule has 5 N–H and O–H groups in total. The zero-order valence-corrected chi connectivity index (χ0v) is 14.2. The van der Waals surface area contributed by atoms with Crippen molar-refractivity contribution in [1.82, 2.24) is 15.4 Å². The molecule has 23 heavy (non-hydrogen) atoms. The molecule has 0 aliphatic carbocycles. The monoisotopic (exact) mass is 332 g/mol. The van der Waals surface area contributed by atoms with E-state index in [1.165, 1.54) is 0 Å². The maximum Gasteiger partial charge on any atom is 0.246 e. The first-order valence-corrected chi connectivity index (χ1v) is 8.33. The van der Waals surface area contributed by atoms with Crippen LogP contribution in [0.25, 0.3) is 0 Å². The topological polar surface area (TPSA) is 119 Å². The molecule has 0 fully saturated rings. The molecule has 0 rings (SSSR count). The number of carbonyl (C=O) groups excluding carboxylic acids is 2. The fourth-order valence-electron chi connectivity index (χ4n) is 2.02. The van der Waals surface area contributed by atoms with Crippen LogP contribution in [0.5, 0.6) is 0 Å². The van der Waals surface area contributed by atoms with E-state index in [1.807, 2.05) is 0 Å². The molecule has 0 aromatic rings. The van der Waals surface area contributed by atoms with E-state index in [2.05, 4.69) is 5.32 Å². The molecule has 0 aliphatic rings. The minimum atomic E-state index is -0.432. The summed E-state index contributed by atoms with van der Waals surface area (Å²) in [6.45, 7) is 2.06. The molecule has 0 aliphatic heterocycles. The van der Waals surface area contributed by atoms with E-state index in [9.17, 15) is 14.8 Å². The molecule has 0 aromatic heterocycles. The van der Waals surface area contributed by atoms with Crippen LogP contribution in [0, 0.1) is 0 Å². The molecule has 2 amide bonds. The Morgan fingerprint density at radius 3 is 2.26 bits per heavy atom. The molecule has 136 valence electrons. The summed E-state index contributed by atoms with van der Waals surface area (Å²) in [7, 11) is 1.60. The maximum absolute atomic E-state index is 11.6. The fourth-order valence-corrected chi connectivity index (χ4v) is 2.02. The molecule has 0 spiro atoms. The van der Waals surface area contributed by atoms with Crippen molar-refractivity contribution in [2.24, 2.45) is 5.73 Å². The Morgan fingerprint density at radius 1 is 0.957 bits per heavy atom. The average molecular weight is 332 g/mol. The molecule has 8 nitrogen and oxygen atoms in total. The van der Waals surface area contributed by atoms with Crippen LogP contribution in [0.15, 0.2) is 0 Å². The summed E-state index contributed by atoms with van der Waals surface area (Å²) in [5, 5.41) is 23.1. The zero-order valence-electron chi connectivity index (χ0n) is 14.2. The Balaban J connectivity index is 3.57. The quantitative estimate of drug-likeness (QED) is 0.211. The number of hydrogen-bond acceptors (Lipinski definition) is 6. The van der Waals surface area contributed by atoms with Gasteiger partial charge in [0.15, 0.2) is 0 Å². The third-order valence-corrected chi connectivity index (χ3v) is 3.41. The third kappa shape index (κ3) is 14.1. The van der Waals surface area contributed by atoms with Crippen LogP contribution in [0.3, 0.4) is 0 Å². The van der Waals surface area contributed by atoms with Crippen molar-refractivity contribution in [2.45, 2.75) is 51.4 Å². The van der Waals surface area contributed by atoms with Crippen molar-refractivity contribution in [3.63, 3.8) is 0 Å². The third-order valence-electron chi connectivity index (χ3n) is 3.41. The Bertz CT molecular complexity index is 327. The molecule has 0 atom stereocenters. The van der Waals surface area contributed by atoms with Gasteiger partial charge < -0.3 is 16.3 Å². The predicted octanol–water partition coefficient (Wildman–Crippen LogP) is 0.721. The van der Waals surface area contributed by atoms with Crippen molar-refractivity contribution < 1.29 is 20.0 Å². The first-order chi connectivity index (χ1) is 11.0. The number of unbranched alkanes of at least 4 members (excludes halogenated alkanes) is 4. The lowest BCUT2D eigenvalue weighted by atomic mass is 10.2. The van der Waals surface area contributed by atoms with Gasteiger partial charge in [0, 0.05) is 39.5 Å². The van der Waals surface area contributed by atoms with Crippen LogP contribution in [-0.4, -0.2) is 65.6 Å². The molecule has 0 saturated heterocycles. The summed E-state index contributed by atoms with van der Waals surface area (Å²) in [4.78, 5) is 23.2. The van der Waals surface area contributed by atoms with Gasteiger partial charge in [-0.1, -0.05) is 12.8 Å². The van der Waals surface area contributed by atoms with Gasteiger partial charge in [-0.05, 0) is 32.2 Å². The van der Waals surface area contributed by atoms with Crippen molar-refractivity contribution in [3.8, 4) is 0 Å². The summed E-state index contributed by atoms with van der Waals surface area (Å²) in [6, 6.07) is 0. The van der Waals surface area contributed by atoms with Gasteiger partial charge in [0.05, 0.1) is 0 Å². The van der Waals surface area contributed by atoms with Gasteiger partial charge in [-0.3, -0.25) is 14.8 Å². The van der Waals surface area contributed by atoms with E-state index < -0.39 is 5.91 Å². The molecule has 0 saturated carbocycles. The van der Waals surface area contributed by atoms with E-state index in [-0.39, 0.29) is 25.3 Å². The van der Waals surface area contributed by atoms with Crippen LogP contribution in [0.2, 0.25) is 0 Å². The van der Waals surface area contributed by atoms with Crippen LogP contribution in [0.4, 0.5) is 0 Å². The van der Waals surface area contributed by atoms with Gasteiger partial charge in [0.2, 0.25) is 11.8 Å². The van der Waals surface area contributed by atoms with Gasteiger partial charge in [-0.15, -0.1) is 0 Å². The van der Waals surface area contributed by atoms with Crippen LogP contribution >= 0.6 is 0 Å². The Morgan fingerprint density at radius 2 is 1.61 bits per heavy atom. The number of nitrogens with one attached hydrogen (secondary N) is 1. The standard InChI is InChI=1S/C15H32N4O4/c1-18(22)12-6-3-5-11-17-14(20)8-9-15(21)19(23)13-7-2-4-10-16/h22-23H,2-13,16H2,1H3,(H,17,20). The molecule has 0 heterocycles. The first kappa shape index (κ1) is 21.8. The summed E-state index contributed by atoms with van der Waals surface area (Å²) < 4.78 is 0. The van der Waals surface area contributed by atoms with Crippen molar-refractivity contribution in [1.29, 1.82) is 0 Å². The summed E-state index contributed by atoms with van der Waals surface area (Å²) in [6.07, 6.45) is 5.15. The number of nitrogens with zero attached hydrogens (tertiary/aromatic N) is 2. The SMILES string of the molecule is CN(O)CCCCCNC(=O)CCC(=O)N(O)CCCCCN. The Labute approximate surface area is 138 Å². The van der Waals surface area contributed by atoms with Crippen molar-refractivity contribution >= 4 is 11.8 Å². The second kappa shape index (κ2) is 14.4. The number of nitrogens with two attached hydrogens (primary N) is 1. The second-order valence-corrected chi connectivity index (χ2v) is 5.66.